The first-order valence-corrected chi connectivity index (χ1v) is 7.95. The topological polar surface area (TPSA) is 75.9 Å². The van der Waals surface area contributed by atoms with E-state index in [0.717, 1.165) is 12.8 Å². The Hall–Kier alpha value is -0.210. The third-order valence-corrected chi connectivity index (χ3v) is 5.80. The van der Waals surface area contributed by atoms with Crippen LogP contribution < -0.4 is 5.73 Å². The molecule has 6 nitrogen and oxygen atoms in total. The van der Waals surface area contributed by atoms with E-state index < -0.39 is 10.2 Å². The van der Waals surface area contributed by atoms with E-state index in [2.05, 4.69) is 0 Å². The van der Waals surface area contributed by atoms with Gasteiger partial charge in [-0.05, 0) is 26.7 Å². The second-order valence-corrected chi connectivity index (χ2v) is 7.17. The summed E-state index contributed by atoms with van der Waals surface area (Å²) in [6, 6.07) is 0.104. The molecule has 2 rings (SSSR count). The van der Waals surface area contributed by atoms with Crippen molar-refractivity contribution in [3.05, 3.63) is 0 Å². The van der Waals surface area contributed by atoms with Gasteiger partial charge in [0, 0.05) is 31.7 Å². The lowest BCUT2D eigenvalue weighted by Gasteiger charge is -2.40. The van der Waals surface area contributed by atoms with Crippen LogP contribution in [0, 0.1) is 0 Å². The number of hydrogen-bond donors (Lipinski definition) is 1. The van der Waals surface area contributed by atoms with Crippen LogP contribution in [0.5, 0.6) is 0 Å². The van der Waals surface area contributed by atoms with Crippen molar-refractivity contribution in [3.8, 4) is 0 Å². The van der Waals surface area contributed by atoms with Crippen LogP contribution >= 0.6 is 0 Å². The fourth-order valence-electron chi connectivity index (χ4n) is 2.67. The number of rotatable bonds is 2. The summed E-state index contributed by atoms with van der Waals surface area (Å²) in [5.41, 5.74) is 5.88. The molecule has 0 aromatic heterocycles. The van der Waals surface area contributed by atoms with Crippen LogP contribution in [0.25, 0.3) is 0 Å². The molecule has 0 aliphatic carbocycles. The molecular weight excluding hydrogens is 254 g/mol. The zero-order valence-corrected chi connectivity index (χ0v) is 11.9. The minimum absolute atomic E-state index is 0.0168. The summed E-state index contributed by atoms with van der Waals surface area (Å²) in [6.07, 6.45) is 1.44. The molecule has 3 atom stereocenters. The van der Waals surface area contributed by atoms with Gasteiger partial charge in [-0.1, -0.05) is 0 Å². The van der Waals surface area contributed by atoms with E-state index in [-0.39, 0.29) is 18.2 Å². The molecule has 0 spiro atoms. The van der Waals surface area contributed by atoms with Gasteiger partial charge in [-0.15, -0.1) is 0 Å². The molecule has 0 radical (unpaired) electrons. The largest absolute Gasteiger partial charge is 0.376 e. The molecule has 2 saturated heterocycles. The van der Waals surface area contributed by atoms with Gasteiger partial charge in [0.2, 0.25) is 0 Å². The molecule has 0 bridgehead atoms. The highest BCUT2D eigenvalue weighted by Crippen LogP contribution is 2.23. The quantitative estimate of drug-likeness (QED) is 0.756. The van der Waals surface area contributed by atoms with E-state index in [1.165, 1.54) is 4.31 Å². The molecule has 2 N–H and O–H groups in total. The average molecular weight is 277 g/mol. The summed E-state index contributed by atoms with van der Waals surface area (Å²) >= 11 is 0. The van der Waals surface area contributed by atoms with Gasteiger partial charge in [-0.25, -0.2) is 0 Å². The van der Waals surface area contributed by atoms with Crippen LogP contribution in [0.4, 0.5) is 0 Å². The highest BCUT2D eigenvalue weighted by molar-refractivity contribution is 7.86. The lowest BCUT2D eigenvalue weighted by Crippen LogP contribution is -2.56. The molecule has 0 aromatic carbocycles. The Kier molecular flexibility index (Phi) is 4.28. The van der Waals surface area contributed by atoms with Gasteiger partial charge in [0.1, 0.15) is 0 Å². The average Bonchev–Trinajstić information content (AvgIpc) is 2.28. The second kappa shape index (κ2) is 5.42. The molecule has 18 heavy (non-hydrogen) atoms. The predicted octanol–water partition coefficient (Wildman–Crippen LogP) is -0.236. The van der Waals surface area contributed by atoms with Crippen molar-refractivity contribution in [3.63, 3.8) is 0 Å². The normalized spacial score (nSPS) is 36.7. The maximum absolute atomic E-state index is 12.6. The van der Waals surface area contributed by atoms with Crippen molar-refractivity contribution in [1.82, 2.24) is 8.61 Å². The lowest BCUT2D eigenvalue weighted by atomic mass is 10.0. The van der Waals surface area contributed by atoms with Gasteiger partial charge in [0.25, 0.3) is 10.2 Å². The number of morpholine rings is 1. The standard InChI is InChI=1S/C11H23N3O3S/c1-9-7-11(12)3-4-14(9)18(15,16)13-5-6-17-10(2)8-13/h9-11H,3-8,12H2,1-2H3/t9-,10-,11-/m1/s1. The van der Waals surface area contributed by atoms with Crippen molar-refractivity contribution >= 4 is 10.2 Å². The highest BCUT2D eigenvalue weighted by atomic mass is 32.2. The fourth-order valence-corrected chi connectivity index (χ4v) is 4.55. The van der Waals surface area contributed by atoms with E-state index in [0.29, 0.717) is 26.2 Å². The van der Waals surface area contributed by atoms with Crippen LogP contribution in [-0.2, 0) is 14.9 Å². The molecule has 7 heteroatoms. The Bertz CT molecular complexity index is 387. The Morgan fingerprint density at radius 1 is 1.28 bits per heavy atom. The van der Waals surface area contributed by atoms with E-state index in [1.807, 2.05) is 13.8 Å². The SMILES string of the molecule is C[C@@H]1CN(S(=O)(=O)N2CC[C@@H](N)C[C@H]2C)CCO1. The molecule has 2 aliphatic heterocycles. The van der Waals surface area contributed by atoms with E-state index in [4.69, 9.17) is 10.5 Å². The number of piperidine rings is 1. The summed E-state index contributed by atoms with van der Waals surface area (Å²) in [7, 11) is -3.36. The first-order valence-electron chi connectivity index (χ1n) is 6.55. The molecule has 0 unspecified atom stereocenters. The molecule has 0 saturated carbocycles. The number of hydrogen-bond acceptors (Lipinski definition) is 4. The van der Waals surface area contributed by atoms with Crippen molar-refractivity contribution in [2.45, 2.75) is 44.9 Å². The Labute approximate surface area is 109 Å². The smallest absolute Gasteiger partial charge is 0.282 e. The van der Waals surface area contributed by atoms with Crippen molar-refractivity contribution in [2.75, 3.05) is 26.2 Å². The molecule has 2 fully saturated rings. The first-order chi connectivity index (χ1) is 8.41. The third kappa shape index (κ3) is 2.85. The summed E-state index contributed by atoms with van der Waals surface area (Å²) < 4.78 is 33.6. The van der Waals surface area contributed by atoms with Gasteiger partial charge in [-0.3, -0.25) is 0 Å². The molecule has 106 valence electrons. The van der Waals surface area contributed by atoms with Gasteiger partial charge >= 0.3 is 0 Å². The van der Waals surface area contributed by atoms with E-state index >= 15 is 0 Å². The van der Waals surface area contributed by atoms with Crippen molar-refractivity contribution in [2.24, 2.45) is 5.73 Å². The third-order valence-electron chi connectivity index (χ3n) is 3.68. The van der Waals surface area contributed by atoms with Crippen LogP contribution in [0.2, 0.25) is 0 Å². The second-order valence-electron chi connectivity index (χ2n) is 5.29. The molecule has 0 aromatic rings. The molecule has 2 heterocycles. The molecule has 0 amide bonds. The predicted molar refractivity (Wildman–Crippen MR) is 69.3 cm³/mol. The fraction of sp³-hybridized carbons (Fsp3) is 1.00. The summed E-state index contributed by atoms with van der Waals surface area (Å²) in [4.78, 5) is 0. The monoisotopic (exact) mass is 277 g/mol. The Morgan fingerprint density at radius 2 is 2.00 bits per heavy atom. The van der Waals surface area contributed by atoms with Crippen molar-refractivity contribution < 1.29 is 13.2 Å². The Balaban J connectivity index is 2.10. The van der Waals surface area contributed by atoms with Crippen LogP contribution in [-0.4, -0.2) is 61.5 Å². The zero-order chi connectivity index (χ0) is 13.3. The summed E-state index contributed by atoms with van der Waals surface area (Å²) in [5.74, 6) is 0. The minimum Gasteiger partial charge on any atom is -0.376 e. The van der Waals surface area contributed by atoms with Gasteiger partial charge in [0.15, 0.2) is 0 Å². The number of nitrogens with zero attached hydrogens (tertiary/aromatic N) is 2. The first kappa shape index (κ1) is 14.2. The molecular formula is C11H23N3O3S. The minimum atomic E-state index is -3.36. The maximum Gasteiger partial charge on any atom is 0.282 e. The van der Waals surface area contributed by atoms with Crippen LogP contribution in [0.1, 0.15) is 26.7 Å². The molecule has 2 aliphatic rings. The summed E-state index contributed by atoms with van der Waals surface area (Å²) in [5, 5.41) is 0. The van der Waals surface area contributed by atoms with Gasteiger partial charge < -0.3 is 10.5 Å². The summed E-state index contributed by atoms with van der Waals surface area (Å²) in [6.45, 7) is 5.72. The number of nitrogens with two attached hydrogens (primary N) is 1. The van der Waals surface area contributed by atoms with Crippen molar-refractivity contribution in [1.29, 1.82) is 0 Å². The van der Waals surface area contributed by atoms with Gasteiger partial charge in [-0.2, -0.15) is 17.0 Å². The lowest BCUT2D eigenvalue weighted by molar-refractivity contribution is 0.00738. The van der Waals surface area contributed by atoms with E-state index in [1.54, 1.807) is 4.31 Å². The number of ether oxygens (including phenoxy) is 1. The van der Waals surface area contributed by atoms with Crippen LogP contribution in [0.3, 0.4) is 0 Å². The highest BCUT2D eigenvalue weighted by Gasteiger charge is 2.37. The Morgan fingerprint density at radius 3 is 2.61 bits per heavy atom. The maximum atomic E-state index is 12.6. The van der Waals surface area contributed by atoms with E-state index in [9.17, 15) is 8.42 Å². The zero-order valence-electron chi connectivity index (χ0n) is 11.1. The van der Waals surface area contributed by atoms with Crippen LogP contribution in [0.15, 0.2) is 0 Å². The van der Waals surface area contributed by atoms with Gasteiger partial charge in [0.05, 0.1) is 12.7 Å².